The van der Waals surface area contributed by atoms with E-state index < -0.39 is 16.4 Å². The van der Waals surface area contributed by atoms with Gasteiger partial charge < -0.3 is 5.11 Å². The maximum Gasteiger partial charge on any atom is 0.333 e. The molecule has 2 aromatic rings. The van der Waals surface area contributed by atoms with Gasteiger partial charge in [-0.2, -0.15) is 8.42 Å². The summed E-state index contributed by atoms with van der Waals surface area (Å²) in [5.74, 6) is -0.395. The Kier molecular flexibility index (Phi) is 7.67. The molecule has 1 aliphatic heterocycles. The van der Waals surface area contributed by atoms with Crippen LogP contribution in [-0.4, -0.2) is 60.0 Å². The summed E-state index contributed by atoms with van der Waals surface area (Å²) in [5, 5.41) is 17.2. The topological polar surface area (TPSA) is 136 Å². The fourth-order valence-corrected chi connectivity index (χ4v) is 5.75. The summed E-state index contributed by atoms with van der Waals surface area (Å²) in [6, 6.07) is 1.95. The SMILES string of the molecule is NS(=O)(=O)OC[C@H]1C[C@@H](Cc2ncncc2C(=O)c2cc(CN3CC=CCC3)cs2)C[C@@H]1O. The van der Waals surface area contributed by atoms with E-state index in [-0.39, 0.29) is 24.2 Å². The van der Waals surface area contributed by atoms with Gasteiger partial charge in [0.25, 0.3) is 0 Å². The molecule has 0 saturated heterocycles. The zero-order valence-corrected chi connectivity index (χ0v) is 19.8. The van der Waals surface area contributed by atoms with Crippen LogP contribution in [0, 0.1) is 11.8 Å². The predicted octanol–water partition coefficient (Wildman–Crippen LogP) is 1.68. The van der Waals surface area contributed by atoms with Crippen LogP contribution in [0.5, 0.6) is 0 Å². The molecule has 11 heteroatoms. The highest BCUT2D eigenvalue weighted by atomic mass is 32.2. The van der Waals surface area contributed by atoms with Gasteiger partial charge in [0.2, 0.25) is 5.78 Å². The summed E-state index contributed by atoms with van der Waals surface area (Å²) < 4.78 is 26.8. The summed E-state index contributed by atoms with van der Waals surface area (Å²) in [5.41, 5.74) is 2.22. The van der Waals surface area contributed by atoms with Crippen molar-refractivity contribution in [3.8, 4) is 0 Å². The third kappa shape index (κ3) is 6.52. The maximum absolute atomic E-state index is 13.2. The minimum Gasteiger partial charge on any atom is -0.393 e. The van der Waals surface area contributed by atoms with Crippen LogP contribution < -0.4 is 5.14 Å². The molecule has 178 valence electrons. The summed E-state index contributed by atoms with van der Waals surface area (Å²) in [7, 11) is -4.05. The Morgan fingerprint density at radius 1 is 1.33 bits per heavy atom. The minimum atomic E-state index is -4.05. The number of nitrogens with zero attached hydrogens (tertiary/aromatic N) is 3. The van der Waals surface area contributed by atoms with Crippen molar-refractivity contribution in [1.29, 1.82) is 0 Å². The van der Waals surface area contributed by atoms with Crippen molar-refractivity contribution in [2.24, 2.45) is 17.0 Å². The van der Waals surface area contributed by atoms with Crippen LogP contribution in [0.1, 0.15) is 45.8 Å². The highest BCUT2D eigenvalue weighted by Gasteiger charge is 2.35. The number of nitrogens with two attached hydrogens (primary N) is 1. The number of rotatable bonds is 9. The molecule has 0 bridgehead atoms. The first-order valence-electron chi connectivity index (χ1n) is 10.9. The van der Waals surface area contributed by atoms with Crippen LogP contribution in [0.25, 0.3) is 0 Å². The van der Waals surface area contributed by atoms with E-state index in [1.807, 2.05) is 11.4 Å². The summed E-state index contributed by atoms with van der Waals surface area (Å²) in [4.78, 5) is 24.7. The number of aliphatic hydroxyl groups is 1. The molecular weight excluding hydrogens is 464 g/mol. The van der Waals surface area contributed by atoms with Gasteiger partial charge in [-0.25, -0.2) is 15.1 Å². The fraction of sp³-hybridized carbons (Fsp3) is 0.500. The Hall–Kier alpha value is -2.02. The van der Waals surface area contributed by atoms with Crippen LogP contribution in [0.2, 0.25) is 0 Å². The second-order valence-electron chi connectivity index (χ2n) is 8.67. The summed E-state index contributed by atoms with van der Waals surface area (Å²) >= 11 is 1.43. The molecule has 0 spiro atoms. The number of carbonyl (C=O) groups is 1. The fourth-order valence-electron chi connectivity index (χ4n) is 4.53. The highest BCUT2D eigenvalue weighted by Crippen LogP contribution is 2.34. The van der Waals surface area contributed by atoms with Crippen LogP contribution >= 0.6 is 11.3 Å². The van der Waals surface area contributed by atoms with Crippen molar-refractivity contribution in [3.05, 3.63) is 57.8 Å². The van der Waals surface area contributed by atoms with E-state index in [1.165, 1.54) is 17.7 Å². The molecule has 0 amide bonds. The van der Waals surface area contributed by atoms with E-state index in [4.69, 9.17) is 5.14 Å². The van der Waals surface area contributed by atoms with E-state index in [0.29, 0.717) is 35.4 Å². The molecule has 3 N–H and O–H groups in total. The van der Waals surface area contributed by atoms with Crippen LogP contribution in [-0.2, 0) is 27.5 Å². The van der Waals surface area contributed by atoms with Crippen molar-refractivity contribution >= 4 is 27.4 Å². The van der Waals surface area contributed by atoms with Crippen molar-refractivity contribution < 1.29 is 22.5 Å². The molecule has 1 aliphatic carbocycles. The average molecular weight is 493 g/mol. The molecule has 2 aromatic heterocycles. The smallest absolute Gasteiger partial charge is 0.333 e. The second-order valence-corrected chi connectivity index (χ2v) is 10.8. The first-order valence-corrected chi connectivity index (χ1v) is 13.3. The molecule has 1 fully saturated rings. The third-order valence-electron chi connectivity index (χ3n) is 6.15. The quantitative estimate of drug-likeness (QED) is 0.399. The van der Waals surface area contributed by atoms with E-state index in [2.05, 4.69) is 31.2 Å². The Morgan fingerprint density at radius 2 is 2.18 bits per heavy atom. The van der Waals surface area contributed by atoms with Gasteiger partial charge >= 0.3 is 10.3 Å². The first kappa shape index (κ1) is 24.1. The monoisotopic (exact) mass is 492 g/mol. The Morgan fingerprint density at radius 3 is 2.94 bits per heavy atom. The molecule has 4 rings (SSSR count). The zero-order chi connectivity index (χ0) is 23.4. The first-order chi connectivity index (χ1) is 15.8. The molecule has 0 aromatic carbocycles. The van der Waals surface area contributed by atoms with Crippen LogP contribution in [0.4, 0.5) is 0 Å². The molecule has 0 unspecified atom stereocenters. The van der Waals surface area contributed by atoms with E-state index in [9.17, 15) is 18.3 Å². The van der Waals surface area contributed by atoms with Gasteiger partial charge in [-0.15, -0.1) is 11.3 Å². The molecule has 2 aliphatic rings. The Balaban J connectivity index is 1.41. The number of hydrogen-bond acceptors (Lipinski definition) is 9. The Labute approximate surface area is 197 Å². The van der Waals surface area contributed by atoms with Crippen molar-refractivity contribution in [3.63, 3.8) is 0 Å². The molecular formula is C22H28N4O5S2. The number of thiophene rings is 1. The van der Waals surface area contributed by atoms with Gasteiger partial charge in [0, 0.05) is 31.7 Å². The van der Waals surface area contributed by atoms with Crippen LogP contribution in [0.3, 0.4) is 0 Å². The molecule has 33 heavy (non-hydrogen) atoms. The molecule has 3 atom stereocenters. The zero-order valence-electron chi connectivity index (χ0n) is 18.2. The predicted molar refractivity (Wildman–Crippen MR) is 124 cm³/mol. The average Bonchev–Trinajstić information content (AvgIpc) is 3.38. The molecule has 3 heterocycles. The van der Waals surface area contributed by atoms with E-state index in [0.717, 1.165) is 31.6 Å². The lowest BCUT2D eigenvalue weighted by atomic mass is 9.96. The van der Waals surface area contributed by atoms with Crippen LogP contribution in [0.15, 0.2) is 36.1 Å². The molecule has 9 nitrogen and oxygen atoms in total. The standard InChI is InChI=1S/C22H28N4O5S2/c23-33(29,30)31-12-17-6-15(8-20(17)27)7-19-18(10-24-14-25-19)22(28)21-9-16(13-32-21)11-26-4-2-1-3-5-26/h1-2,9-10,13-15,17,20,27H,3-8,11-12H2,(H2,23,29,30)/t15-,17+,20-/m0/s1. The van der Waals surface area contributed by atoms with Gasteiger partial charge in [-0.1, -0.05) is 12.2 Å². The largest absolute Gasteiger partial charge is 0.393 e. The number of carbonyl (C=O) groups excluding carboxylic acids is 1. The minimum absolute atomic E-state index is 0.0431. The van der Waals surface area contributed by atoms with Crippen molar-refractivity contribution in [2.75, 3.05) is 19.7 Å². The van der Waals surface area contributed by atoms with Gasteiger partial charge in [0.15, 0.2) is 0 Å². The summed E-state index contributed by atoms with van der Waals surface area (Å²) in [6.45, 7) is 2.60. The van der Waals surface area contributed by atoms with Gasteiger partial charge in [-0.05, 0) is 48.6 Å². The molecule has 1 saturated carbocycles. The van der Waals surface area contributed by atoms with E-state index in [1.54, 1.807) is 6.20 Å². The number of aromatic nitrogens is 2. The maximum atomic E-state index is 13.2. The normalized spacial score (nSPS) is 23.8. The number of hydrogen-bond donors (Lipinski definition) is 2. The van der Waals surface area contributed by atoms with E-state index >= 15 is 0 Å². The van der Waals surface area contributed by atoms with Crippen molar-refractivity contribution in [2.45, 2.75) is 38.3 Å². The Bertz CT molecular complexity index is 1120. The number of ketones is 1. The van der Waals surface area contributed by atoms with Gasteiger partial charge in [0.05, 0.1) is 28.8 Å². The van der Waals surface area contributed by atoms with Gasteiger partial charge in [0.1, 0.15) is 6.33 Å². The highest BCUT2D eigenvalue weighted by molar-refractivity contribution is 7.84. The molecule has 0 radical (unpaired) electrons. The van der Waals surface area contributed by atoms with Gasteiger partial charge in [-0.3, -0.25) is 13.9 Å². The lowest BCUT2D eigenvalue weighted by Crippen LogP contribution is -2.26. The van der Waals surface area contributed by atoms with Crippen molar-refractivity contribution in [1.82, 2.24) is 14.9 Å². The second kappa shape index (κ2) is 10.5. The lowest BCUT2D eigenvalue weighted by molar-refractivity contribution is 0.100. The lowest BCUT2D eigenvalue weighted by Gasteiger charge is -2.22. The number of aliphatic hydroxyl groups excluding tert-OH is 1. The summed E-state index contributed by atoms with van der Waals surface area (Å²) in [6.07, 6.45) is 9.20. The third-order valence-corrected chi connectivity index (χ3v) is 7.59.